The third kappa shape index (κ3) is 4.65. The summed E-state index contributed by atoms with van der Waals surface area (Å²) in [6, 6.07) is 0. The van der Waals surface area contributed by atoms with Gasteiger partial charge in [-0.2, -0.15) is 0 Å². The van der Waals surface area contributed by atoms with Gasteiger partial charge >= 0.3 is 7.12 Å². The van der Waals surface area contributed by atoms with E-state index in [1.807, 2.05) is 0 Å². The highest BCUT2D eigenvalue weighted by molar-refractivity contribution is 6.51. The number of allylic oxidation sites excluding steroid dienone is 5. The van der Waals surface area contributed by atoms with Crippen molar-refractivity contribution in [3.63, 3.8) is 0 Å². The molecule has 0 aliphatic carbocycles. The highest BCUT2D eigenvalue weighted by Crippen LogP contribution is 1.97. The zero-order chi connectivity index (χ0) is 8.69. The topological polar surface area (TPSA) is 40.5 Å². The molecule has 0 amide bonds. The summed E-state index contributed by atoms with van der Waals surface area (Å²) in [5.41, 5.74) is 0.356. The Morgan fingerprint density at radius 2 is 2.18 bits per heavy atom. The molecular formula is C7H10B2O2. The molecule has 0 aliphatic rings. The fourth-order valence-electron chi connectivity index (χ4n) is 0.517. The van der Waals surface area contributed by atoms with Crippen LogP contribution < -0.4 is 0 Å². The van der Waals surface area contributed by atoms with Gasteiger partial charge in [0.25, 0.3) is 0 Å². The quantitative estimate of drug-likeness (QED) is 0.443. The summed E-state index contributed by atoms with van der Waals surface area (Å²) in [6.45, 7) is 3.41. The Labute approximate surface area is 68.5 Å². The van der Waals surface area contributed by atoms with Gasteiger partial charge in [0.1, 0.15) is 0 Å². The first-order chi connectivity index (χ1) is 5.22. The minimum absolute atomic E-state index is 0.356. The van der Waals surface area contributed by atoms with Gasteiger partial charge in [-0.25, -0.2) is 0 Å². The van der Waals surface area contributed by atoms with Crippen LogP contribution >= 0.6 is 0 Å². The first-order valence-corrected chi connectivity index (χ1v) is 3.27. The van der Waals surface area contributed by atoms with Gasteiger partial charge in [-0.05, 0) is 5.47 Å². The van der Waals surface area contributed by atoms with Crippen molar-refractivity contribution in [3.8, 4) is 0 Å². The Hall–Kier alpha value is -0.730. The lowest BCUT2D eigenvalue weighted by Gasteiger charge is -1.95. The van der Waals surface area contributed by atoms with E-state index in [2.05, 4.69) is 6.58 Å². The average Bonchev–Trinajstić information content (AvgIpc) is 1.97. The van der Waals surface area contributed by atoms with E-state index in [1.165, 1.54) is 6.08 Å². The number of hydrogen-bond donors (Lipinski definition) is 2. The molecule has 56 valence electrons. The summed E-state index contributed by atoms with van der Waals surface area (Å²) in [7, 11) is 3.70. The van der Waals surface area contributed by atoms with Gasteiger partial charge in [0.15, 0.2) is 0 Å². The Morgan fingerprint density at radius 3 is 2.55 bits per heavy atom. The fourth-order valence-corrected chi connectivity index (χ4v) is 0.517. The van der Waals surface area contributed by atoms with Crippen molar-refractivity contribution in [3.05, 3.63) is 36.4 Å². The van der Waals surface area contributed by atoms with Crippen LogP contribution in [-0.4, -0.2) is 25.0 Å². The second kappa shape index (κ2) is 6.01. The average molecular weight is 148 g/mol. The van der Waals surface area contributed by atoms with Gasteiger partial charge in [0.2, 0.25) is 0 Å². The molecule has 0 bridgehead atoms. The molecule has 2 nitrogen and oxygen atoms in total. The van der Waals surface area contributed by atoms with E-state index >= 15 is 0 Å². The standard InChI is InChI=1S/C7H10B2O2/c1-2-7(9(10)11)5-3-4-6-8/h2-5,10-11H,1,6H2/b4-3-,7-5+. The zero-order valence-electron chi connectivity index (χ0n) is 6.27. The molecule has 11 heavy (non-hydrogen) atoms. The molecule has 0 aromatic carbocycles. The SMILES string of the molecule is [B]C/C=C\C=C(/C=C)B(O)O. The zero-order valence-corrected chi connectivity index (χ0v) is 6.27. The minimum Gasteiger partial charge on any atom is -0.423 e. The predicted octanol–water partition coefficient (Wildman–Crippen LogP) is 0.254. The van der Waals surface area contributed by atoms with E-state index in [0.29, 0.717) is 11.8 Å². The largest absolute Gasteiger partial charge is 0.488 e. The molecule has 0 atom stereocenters. The van der Waals surface area contributed by atoms with E-state index < -0.39 is 7.12 Å². The van der Waals surface area contributed by atoms with Gasteiger partial charge in [-0.15, -0.1) is 0 Å². The molecule has 0 aliphatic heterocycles. The summed E-state index contributed by atoms with van der Waals surface area (Å²) >= 11 is 0. The van der Waals surface area contributed by atoms with E-state index in [-0.39, 0.29) is 0 Å². The van der Waals surface area contributed by atoms with Gasteiger partial charge in [0.05, 0.1) is 7.85 Å². The lowest BCUT2D eigenvalue weighted by atomic mass is 9.79. The molecule has 0 saturated carbocycles. The van der Waals surface area contributed by atoms with Crippen LogP contribution in [-0.2, 0) is 0 Å². The van der Waals surface area contributed by atoms with Gasteiger partial charge < -0.3 is 10.0 Å². The molecular weight excluding hydrogens is 138 g/mol. The third-order valence-electron chi connectivity index (χ3n) is 1.09. The maximum atomic E-state index is 8.66. The summed E-state index contributed by atoms with van der Waals surface area (Å²) in [4.78, 5) is 0. The molecule has 0 saturated heterocycles. The highest BCUT2D eigenvalue weighted by Gasteiger charge is 2.08. The first kappa shape index (κ1) is 10.3. The monoisotopic (exact) mass is 148 g/mol. The van der Waals surface area contributed by atoms with Gasteiger partial charge in [0, 0.05) is 0 Å². The van der Waals surface area contributed by atoms with E-state index in [4.69, 9.17) is 17.9 Å². The first-order valence-electron chi connectivity index (χ1n) is 3.27. The molecule has 0 unspecified atom stereocenters. The molecule has 2 radical (unpaired) electrons. The van der Waals surface area contributed by atoms with Crippen LogP contribution in [0.3, 0.4) is 0 Å². The Bertz CT molecular complexity index is 173. The summed E-state index contributed by atoms with van der Waals surface area (Å²) in [5.74, 6) is 0. The van der Waals surface area contributed by atoms with E-state index in [1.54, 1.807) is 18.2 Å². The van der Waals surface area contributed by atoms with Crippen molar-refractivity contribution in [2.75, 3.05) is 0 Å². The molecule has 0 fully saturated rings. The second-order valence-corrected chi connectivity index (χ2v) is 1.91. The highest BCUT2D eigenvalue weighted by atomic mass is 16.4. The maximum absolute atomic E-state index is 8.66. The number of hydrogen-bond acceptors (Lipinski definition) is 2. The molecule has 0 aromatic heterocycles. The van der Waals surface area contributed by atoms with E-state index in [9.17, 15) is 0 Å². The second-order valence-electron chi connectivity index (χ2n) is 1.91. The van der Waals surface area contributed by atoms with Crippen molar-refractivity contribution in [2.24, 2.45) is 0 Å². The van der Waals surface area contributed by atoms with Crippen LogP contribution in [0.25, 0.3) is 0 Å². The van der Waals surface area contributed by atoms with E-state index in [0.717, 1.165) is 0 Å². The fraction of sp³-hybridized carbons (Fsp3) is 0.143. The number of rotatable bonds is 4. The molecule has 2 N–H and O–H groups in total. The van der Waals surface area contributed by atoms with Crippen molar-refractivity contribution >= 4 is 15.0 Å². The summed E-state index contributed by atoms with van der Waals surface area (Å²) in [6.07, 6.45) is 6.71. The summed E-state index contributed by atoms with van der Waals surface area (Å²) < 4.78 is 0. The molecule has 0 spiro atoms. The lowest BCUT2D eigenvalue weighted by Crippen LogP contribution is -2.13. The van der Waals surface area contributed by atoms with Crippen LogP contribution in [0.4, 0.5) is 0 Å². The van der Waals surface area contributed by atoms with Crippen molar-refractivity contribution < 1.29 is 10.0 Å². The van der Waals surface area contributed by atoms with Gasteiger partial charge in [-0.1, -0.05) is 37.2 Å². The Morgan fingerprint density at radius 1 is 1.55 bits per heavy atom. The smallest absolute Gasteiger partial charge is 0.423 e. The third-order valence-corrected chi connectivity index (χ3v) is 1.09. The molecule has 4 heteroatoms. The minimum atomic E-state index is -1.46. The predicted molar refractivity (Wildman–Crippen MR) is 48.2 cm³/mol. The maximum Gasteiger partial charge on any atom is 0.488 e. The van der Waals surface area contributed by atoms with Crippen molar-refractivity contribution in [1.82, 2.24) is 0 Å². The normalized spacial score (nSPS) is 12.0. The van der Waals surface area contributed by atoms with Gasteiger partial charge in [-0.3, -0.25) is 0 Å². The lowest BCUT2D eigenvalue weighted by molar-refractivity contribution is 0.420. The van der Waals surface area contributed by atoms with Crippen molar-refractivity contribution in [2.45, 2.75) is 6.32 Å². The van der Waals surface area contributed by atoms with Crippen LogP contribution in [0.15, 0.2) is 36.4 Å². The van der Waals surface area contributed by atoms with Crippen LogP contribution in [0.5, 0.6) is 0 Å². The molecule has 0 aromatic rings. The van der Waals surface area contributed by atoms with Crippen LogP contribution in [0.2, 0.25) is 6.32 Å². The Balaban J connectivity index is 4.12. The van der Waals surface area contributed by atoms with Crippen LogP contribution in [0, 0.1) is 0 Å². The van der Waals surface area contributed by atoms with Crippen molar-refractivity contribution in [1.29, 1.82) is 0 Å². The van der Waals surface area contributed by atoms with Crippen LogP contribution in [0.1, 0.15) is 0 Å². The summed E-state index contributed by atoms with van der Waals surface area (Å²) in [5, 5.41) is 17.3. The Kier molecular flexibility index (Phi) is 5.61. The molecule has 0 heterocycles. The molecule has 0 rings (SSSR count).